The van der Waals surface area contributed by atoms with Crippen LogP contribution in [-0.2, 0) is 7.05 Å². The zero-order valence-electron chi connectivity index (χ0n) is 15.1. The molecule has 5 heteroatoms. The summed E-state index contributed by atoms with van der Waals surface area (Å²) in [5.41, 5.74) is 3.09. The van der Waals surface area contributed by atoms with Crippen LogP contribution in [0.15, 0.2) is 54.7 Å². The zero-order valence-corrected chi connectivity index (χ0v) is 15.1. The topological polar surface area (TPSA) is 67.2 Å². The summed E-state index contributed by atoms with van der Waals surface area (Å²) in [4.78, 5) is 16.3. The summed E-state index contributed by atoms with van der Waals surface area (Å²) in [6.45, 7) is 0. The number of aryl methyl sites for hydroxylation is 1. The Morgan fingerprint density at radius 2 is 1.89 bits per heavy atom. The van der Waals surface area contributed by atoms with E-state index in [1.807, 2.05) is 78.5 Å². The van der Waals surface area contributed by atoms with Gasteiger partial charge in [-0.25, -0.2) is 4.79 Å². The fourth-order valence-corrected chi connectivity index (χ4v) is 3.53. The van der Waals surface area contributed by atoms with E-state index in [0.717, 1.165) is 27.5 Å². The van der Waals surface area contributed by atoms with E-state index >= 15 is 0 Å². The molecule has 4 aromatic rings. The van der Waals surface area contributed by atoms with Crippen LogP contribution in [0.5, 0.6) is 0 Å². The number of pyridine rings is 1. The molecular weight excluding hydrogens is 338 g/mol. The fourth-order valence-electron chi connectivity index (χ4n) is 3.53. The van der Waals surface area contributed by atoms with E-state index in [1.165, 1.54) is 0 Å². The molecule has 0 amide bonds. The summed E-state index contributed by atoms with van der Waals surface area (Å²) in [6.07, 6.45) is 5.81. The smallest absolute Gasteiger partial charge is 0.340 e. The van der Waals surface area contributed by atoms with Crippen molar-refractivity contribution in [2.75, 3.05) is 12.4 Å². The molecule has 0 unspecified atom stereocenters. The average Bonchev–Trinajstić information content (AvgIpc) is 2.99. The summed E-state index contributed by atoms with van der Waals surface area (Å²) in [7, 11) is 3.61. The monoisotopic (exact) mass is 357 g/mol. The van der Waals surface area contributed by atoms with Gasteiger partial charge in [0.05, 0.1) is 11.2 Å². The minimum atomic E-state index is -0.942. The molecule has 2 aromatic carbocycles. The number of carboxylic acid groups (broad SMARTS) is 1. The average molecular weight is 357 g/mol. The van der Waals surface area contributed by atoms with E-state index in [4.69, 9.17) is 0 Å². The molecular formula is C22H19N3O2. The molecule has 27 heavy (non-hydrogen) atoms. The van der Waals surface area contributed by atoms with Gasteiger partial charge in [-0.1, -0.05) is 48.5 Å². The van der Waals surface area contributed by atoms with E-state index < -0.39 is 5.97 Å². The lowest BCUT2D eigenvalue weighted by molar-refractivity contribution is 0.0700. The van der Waals surface area contributed by atoms with Crippen molar-refractivity contribution < 1.29 is 9.90 Å². The minimum Gasteiger partial charge on any atom is -0.478 e. The Bertz CT molecular complexity index is 1190. The van der Waals surface area contributed by atoms with Crippen molar-refractivity contribution in [2.24, 2.45) is 7.05 Å². The molecule has 0 saturated heterocycles. The van der Waals surface area contributed by atoms with E-state index in [1.54, 1.807) is 7.05 Å². The number of carboxylic acids is 1. The van der Waals surface area contributed by atoms with Gasteiger partial charge in [-0.3, -0.25) is 4.98 Å². The molecule has 0 aliphatic carbocycles. The number of rotatable bonds is 4. The maximum Gasteiger partial charge on any atom is 0.340 e. The highest BCUT2D eigenvalue weighted by molar-refractivity contribution is 6.16. The molecule has 4 rings (SSSR count). The molecule has 0 radical (unpaired) electrons. The molecule has 0 aliphatic rings. The molecule has 0 bridgehead atoms. The second-order valence-electron chi connectivity index (χ2n) is 6.37. The van der Waals surface area contributed by atoms with Gasteiger partial charge in [-0.15, -0.1) is 0 Å². The van der Waals surface area contributed by atoms with Crippen molar-refractivity contribution in [3.63, 3.8) is 0 Å². The maximum atomic E-state index is 11.8. The van der Waals surface area contributed by atoms with Crippen LogP contribution in [0.2, 0.25) is 0 Å². The highest BCUT2D eigenvalue weighted by Crippen LogP contribution is 2.34. The van der Waals surface area contributed by atoms with Gasteiger partial charge < -0.3 is 15.0 Å². The Hall–Kier alpha value is -3.60. The van der Waals surface area contributed by atoms with Crippen molar-refractivity contribution in [1.82, 2.24) is 9.55 Å². The molecule has 134 valence electrons. The normalized spacial score (nSPS) is 11.5. The van der Waals surface area contributed by atoms with Crippen LogP contribution in [0.3, 0.4) is 0 Å². The van der Waals surface area contributed by atoms with Crippen LogP contribution in [0.25, 0.3) is 33.8 Å². The first-order valence-electron chi connectivity index (χ1n) is 8.65. The first-order valence-corrected chi connectivity index (χ1v) is 8.65. The van der Waals surface area contributed by atoms with Gasteiger partial charge in [0.15, 0.2) is 0 Å². The van der Waals surface area contributed by atoms with E-state index in [0.29, 0.717) is 11.2 Å². The molecule has 0 spiro atoms. The van der Waals surface area contributed by atoms with Gasteiger partial charge in [0.2, 0.25) is 0 Å². The number of fused-ring (bicyclic) bond motifs is 3. The number of carbonyl (C=O) groups is 1. The first-order chi connectivity index (χ1) is 13.1. The van der Waals surface area contributed by atoms with E-state index in [9.17, 15) is 9.90 Å². The largest absolute Gasteiger partial charge is 0.478 e. The quantitative estimate of drug-likeness (QED) is 0.558. The number of nitrogens with one attached hydrogen (secondary N) is 1. The van der Waals surface area contributed by atoms with Crippen molar-refractivity contribution in [1.29, 1.82) is 0 Å². The molecule has 2 aromatic heterocycles. The second-order valence-corrected chi connectivity index (χ2v) is 6.37. The summed E-state index contributed by atoms with van der Waals surface area (Å²) < 4.78 is 1.89. The Labute approximate surface area is 156 Å². The molecule has 2 N–H and O–H groups in total. The standard InChI is InChI=1S/C22H19N3O2/c1-23-21-19(22(26)27)17-11-9-15-13-24-16(12-18(15)20(17)25(21)2)10-8-14-6-4-3-5-7-14/h3-13,23H,1-2H3,(H,26,27)/b10-8+. The van der Waals surface area contributed by atoms with Gasteiger partial charge in [0, 0.05) is 36.5 Å². The van der Waals surface area contributed by atoms with Crippen molar-refractivity contribution >= 4 is 45.6 Å². The molecule has 0 saturated carbocycles. The molecule has 0 aliphatic heterocycles. The van der Waals surface area contributed by atoms with Gasteiger partial charge in [0.25, 0.3) is 0 Å². The van der Waals surface area contributed by atoms with Crippen LogP contribution in [0.1, 0.15) is 21.6 Å². The summed E-state index contributed by atoms with van der Waals surface area (Å²) in [6, 6.07) is 15.8. The number of hydrogen-bond donors (Lipinski definition) is 2. The number of benzene rings is 2. The number of hydrogen-bond acceptors (Lipinski definition) is 3. The Morgan fingerprint density at radius 3 is 2.59 bits per heavy atom. The Balaban J connectivity index is 1.93. The summed E-state index contributed by atoms with van der Waals surface area (Å²) in [5, 5.41) is 15.3. The Kier molecular flexibility index (Phi) is 4.12. The van der Waals surface area contributed by atoms with Crippen LogP contribution in [0.4, 0.5) is 5.82 Å². The van der Waals surface area contributed by atoms with Gasteiger partial charge in [-0.05, 0) is 17.7 Å². The molecule has 0 atom stereocenters. The van der Waals surface area contributed by atoms with Crippen LogP contribution >= 0.6 is 0 Å². The number of anilines is 1. The fraction of sp³-hybridized carbons (Fsp3) is 0.0909. The SMILES string of the molecule is CNc1c(C(=O)O)c2ccc3cnc(/C=C/c4ccccc4)cc3c2n1C. The predicted molar refractivity (Wildman–Crippen MR) is 110 cm³/mol. The van der Waals surface area contributed by atoms with Crippen LogP contribution in [-0.4, -0.2) is 27.7 Å². The molecule has 2 heterocycles. The Morgan fingerprint density at radius 1 is 1.11 bits per heavy atom. The van der Waals surface area contributed by atoms with Crippen molar-refractivity contribution in [3.05, 3.63) is 71.5 Å². The third-order valence-corrected chi connectivity index (χ3v) is 4.77. The predicted octanol–water partition coefficient (Wildman–Crippen LogP) is 4.64. The van der Waals surface area contributed by atoms with Crippen LogP contribution < -0.4 is 5.32 Å². The minimum absolute atomic E-state index is 0.287. The number of nitrogens with zero attached hydrogens (tertiary/aromatic N) is 2. The molecule has 0 fully saturated rings. The van der Waals surface area contributed by atoms with Crippen molar-refractivity contribution in [2.45, 2.75) is 0 Å². The third-order valence-electron chi connectivity index (χ3n) is 4.77. The number of aromatic carboxylic acids is 1. The van der Waals surface area contributed by atoms with Gasteiger partial charge in [0.1, 0.15) is 11.4 Å². The zero-order chi connectivity index (χ0) is 19.0. The van der Waals surface area contributed by atoms with Crippen molar-refractivity contribution in [3.8, 4) is 0 Å². The van der Waals surface area contributed by atoms with E-state index in [-0.39, 0.29) is 5.56 Å². The first kappa shape index (κ1) is 16.8. The van der Waals surface area contributed by atoms with E-state index in [2.05, 4.69) is 10.3 Å². The highest BCUT2D eigenvalue weighted by Gasteiger charge is 2.21. The summed E-state index contributed by atoms with van der Waals surface area (Å²) in [5.74, 6) is -0.356. The lowest BCUT2D eigenvalue weighted by Gasteiger charge is -2.06. The highest BCUT2D eigenvalue weighted by atomic mass is 16.4. The van der Waals surface area contributed by atoms with Crippen LogP contribution in [0, 0.1) is 0 Å². The number of aromatic nitrogens is 2. The van der Waals surface area contributed by atoms with Gasteiger partial charge >= 0.3 is 5.97 Å². The molecule has 5 nitrogen and oxygen atoms in total. The summed E-state index contributed by atoms with van der Waals surface area (Å²) >= 11 is 0. The second kappa shape index (κ2) is 6.61. The van der Waals surface area contributed by atoms with Gasteiger partial charge in [-0.2, -0.15) is 0 Å². The lowest BCUT2D eigenvalue weighted by atomic mass is 10.1. The third kappa shape index (κ3) is 2.83. The maximum absolute atomic E-state index is 11.8. The lowest BCUT2D eigenvalue weighted by Crippen LogP contribution is -2.03.